The van der Waals surface area contributed by atoms with E-state index in [9.17, 15) is 14.4 Å². The van der Waals surface area contributed by atoms with Crippen LogP contribution in [0.3, 0.4) is 0 Å². The Morgan fingerprint density at radius 3 is 1.91 bits per heavy atom. The highest BCUT2D eigenvalue weighted by Crippen LogP contribution is 2.55. The van der Waals surface area contributed by atoms with E-state index in [0.717, 1.165) is 12.8 Å². The minimum Gasteiger partial charge on any atom is -0.455 e. The Balaban J connectivity index is 1.40. The third-order valence-corrected chi connectivity index (χ3v) is 7.28. The Hall–Kier alpha value is -3.35. The molecule has 1 amide bonds. The van der Waals surface area contributed by atoms with Crippen molar-refractivity contribution in [1.82, 2.24) is 4.90 Å². The fraction of sp³-hybridized carbons (Fsp3) is 0.464. The van der Waals surface area contributed by atoms with E-state index in [-0.39, 0.29) is 30.0 Å². The van der Waals surface area contributed by atoms with E-state index in [1.54, 1.807) is 48.5 Å². The SMILES string of the molecule is CC(C)(C)OC(=O)N1C2CCC1C1C2CC(OC(=O)c2ccccc2)C1OC(=O)c1ccccc1. The van der Waals surface area contributed by atoms with Crippen molar-refractivity contribution < 1.29 is 28.6 Å². The van der Waals surface area contributed by atoms with Crippen molar-refractivity contribution in [2.45, 2.75) is 69.9 Å². The number of benzene rings is 2. The Morgan fingerprint density at radius 1 is 0.800 bits per heavy atom. The smallest absolute Gasteiger partial charge is 0.410 e. The second kappa shape index (κ2) is 9.02. The number of carbonyl (C=O) groups is 3. The molecule has 2 aliphatic heterocycles. The predicted octanol–water partition coefficient (Wildman–Crippen LogP) is 4.86. The molecule has 6 unspecified atom stereocenters. The summed E-state index contributed by atoms with van der Waals surface area (Å²) in [6.07, 6.45) is 0.671. The lowest BCUT2D eigenvalue weighted by molar-refractivity contribution is -0.0431. The van der Waals surface area contributed by atoms with Crippen LogP contribution in [-0.4, -0.2) is 52.8 Å². The Labute approximate surface area is 205 Å². The molecule has 2 heterocycles. The molecule has 5 rings (SSSR count). The molecule has 1 aliphatic carbocycles. The first-order valence-electron chi connectivity index (χ1n) is 12.3. The zero-order valence-electron chi connectivity index (χ0n) is 20.3. The maximum atomic E-state index is 13.1. The summed E-state index contributed by atoms with van der Waals surface area (Å²) in [5, 5.41) is 0. The topological polar surface area (TPSA) is 82.1 Å². The average Bonchev–Trinajstić information content (AvgIpc) is 3.49. The van der Waals surface area contributed by atoms with Crippen molar-refractivity contribution in [3.8, 4) is 0 Å². The van der Waals surface area contributed by atoms with Crippen LogP contribution in [0.2, 0.25) is 0 Å². The van der Waals surface area contributed by atoms with Crippen LogP contribution >= 0.6 is 0 Å². The van der Waals surface area contributed by atoms with Crippen LogP contribution in [0, 0.1) is 11.8 Å². The molecule has 35 heavy (non-hydrogen) atoms. The Kier molecular flexibility index (Phi) is 6.03. The van der Waals surface area contributed by atoms with E-state index in [2.05, 4.69) is 0 Å². The van der Waals surface area contributed by atoms with Gasteiger partial charge in [-0.05, 0) is 70.2 Å². The molecule has 184 valence electrons. The van der Waals surface area contributed by atoms with Crippen molar-refractivity contribution in [3.05, 3.63) is 71.8 Å². The van der Waals surface area contributed by atoms with Gasteiger partial charge >= 0.3 is 18.0 Å². The summed E-state index contributed by atoms with van der Waals surface area (Å²) in [6, 6.07) is 17.5. The number of carbonyl (C=O) groups excluding carboxylic acids is 3. The third kappa shape index (κ3) is 4.51. The minimum absolute atomic E-state index is 0.0156. The van der Waals surface area contributed by atoms with Gasteiger partial charge in [-0.2, -0.15) is 0 Å². The molecule has 0 N–H and O–H groups in total. The molecule has 7 nitrogen and oxygen atoms in total. The number of hydrogen-bond acceptors (Lipinski definition) is 6. The van der Waals surface area contributed by atoms with Gasteiger partial charge in [-0.3, -0.25) is 0 Å². The van der Waals surface area contributed by atoms with E-state index in [0.29, 0.717) is 17.5 Å². The predicted molar refractivity (Wildman–Crippen MR) is 128 cm³/mol. The van der Waals surface area contributed by atoms with Gasteiger partial charge in [0.05, 0.1) is 11.1 Å². The highest BCUT2D eigenvalue weighted by atomic mass is 16.6. The number of hydrogen-bond donors (Lipinski definition) is 0. The van der Waals surface area contributed by atoms with Gasteiger partial charge in [0.2, 0.25) is 0 Å². The Bertz CT molecular complexity index is 1100. The molecule has 7 heteroatoms. The summed E-state index contributed by atoms with van der Waals surface area (Å²) < 4.78 is 17.7. The molecule has 0 spiro atoms. The number of amides is 1. The standard InChI is InChI=1S/C28H31NO6/c1-28(2,3)35-27(32)29-20-14-15-21(29)23-19(20)16-22(33-25(30)17-10-6-4-7-11-17)24(23)34-26(31)18-12-8-5-9-13-18/h4-13,19-24H,14-16H2,1-3H3. The van der Waals surface area contributed by atoms with Gasteiger partial charge in [0.15, 0.2) is 0 Å². The largest absolute Gasteiger partial charge is 0.455 e. The van der Waals surface area contributed by atoms with Crippen molar-refractivity contribution in [2.75, 3.05) is 0 Å². The highest BCUT2D eigenvalue weighted by Gasteiger charge is 2.64. The van der Waals surface area contributed by atoms with E-state index < -0.39 is 29.7 Å². The second-order valence-corrected chi connectivity index (χ2v) is 10.6. The molecule has 2 aromatic carbocycles. The van der Waals surface area contributed by atoms with Crippen LogP contribution in [0.15, 0.2) is 60.7 Å². The summed E-state index contributed by atoms with van der Waals surface area (Å²) in [5.41, 5.74) is 0.300. The summed E-state index contributed by atoms with van der Waals surface area (Å²) in [6.45, 7) is 5.56. The van der Waals surface area contributed by atoms with Crippen molar-refractivity contribution in [2.24, 2.45) is 11.8 Å². The number of nitrogens with zero attached hydrogens (tertiary/aromatic N) is 1. The first kappa shape index (κ1) is 23.4. The molecule has 0 aromatic heterocycles. The quantitative estimate of drug-likeness (QED) is 0.462. The number of fused-ring (bicyclic) bond motifs is 5. The van der Waals surface area contributed by atoms with Gasteiger partial charge in [0, 0.05) is 18.0 Å². The number of ether oxygens (including phenoxy) is 3. The van der Waals surface area contributed by atoms with Gasteiger partial charge in [0.1, 0.15) is 17.8 Å². The lowest BCUT2D eigenvalue weighted by Gasteiger charge is -2.31. The maximum absolute atomic E-state index is 13.1. The summed E-state index contributed by atoms with van der Waals surface area (Å²) in [5.74, 6) is -0.929. The first-order chi connectivity index (χ1) is 16.7. The molecule has 2 aromatic rings. The summed E-state index contributed by atoms with van der Waals surface area (Å²) in [4.78, 5) is 40.8. The summed E-state index contributed by atoms with van der Waals surface area (Å²) in [7, 11) is 0. The second-order valence-electron chi connectivity index (χ2n) is 10.6. The Morgan fingerprint density at radius 2 is 1.34 bits per heavy atom. The van der Waals surface area contributed by atoms with Gasteiger partial charge in [-0.15, -0.1) is 0 Å². The van der Waals surface area contributed by atoms with Crippen molar-refractivity contribution >= 4 is 18.0 Å². The lowest BCUT2D eigenvalue weighted by atomic mass is 9.81. The first-order valence-corrected chi connectivity index (χ1v) is 12.3. The lowest BCUT2D eigenvalue weighted by Crippen LogP contribution is -2.45. The van der Waals surface area contributed by atoms with Crippen LogP contribution in [0.1, 0.15) is 60.7 Å². The van der Waals surface area contributed by atoms with Gasteiger partial charge in [-0.25, -0.2) is 14.4 Å². The molecule has 2 bridgehead atoms. The van der Waals surface area contributed by atoms with E-state index in [4.69, 9.17) is 14.2 Å². The zero-order chi connectivity index (χ0) is 24.7. The molecule has 2 saturated heterocycles. The third-order valence-electron chi connectivity index (χ3n) is 7.28. The van der Waals surface area contributed by atoms with E-state index in [1.807, 2.05) is 37.8 Å². The van der Waals surface area contributed by atoms with Gasteiger partial charge in [0.25, 0.3) is 0 Å². The number of esters is 2. The average molecular weight is 478 g/mol. The van der Waals surface area contributed by atoms with Crippen molar-refractivity contribution in [3.63, 3.8) is 0 Å². The van der Waals surface area contributed by atoms with Gasteiger partial charge in [-0.1, -0.05) is 36.4 Å². The van der Waals surface area contributed by atoms with Crippen LogP contribution in [0.4, 0.5) is 4.79 Å². The zero-order valence-corrected chi connectivity index (χ0v) is 20.3. The molecule has 3 aliphatic rings. The maximum Gasteiger partial charge on any atom is 0.410 e. The molecule has 1 saturated carbocycles. The van der Waals surface area contributed by atoms with Crippen LogP contribution < -0.4 is 0 Å². The molecular weight excluding hydrogens is 446 g/mol. The van der Waals surface area contributed by atoms with Crippen molar-refractivity contribution in [1.29, 1.82) is 0 Å². The van der Waals surface area contributed by atoms with E-state index >= 15 is 0 Å². The molecule has 0 radical (unpaired) electrons. The molecule has 6 atom stereocenters. The van der Waals surface area contributed by atoms with Gasteiger partial charge < -0.3 is 19.1 Å². The fourth-order valence-corrected chi connectivity index (χ4v) is 6.03. The van der Waals surface area contributed by atoms with Crippen LogP contribution in [0.25, 0.3) is 0 Å². The molecular formula is C28H31NO6. The van der Waals surface area contributed by atoms with Crippen LogP contribution in [-0.2, 0) is 14.2 Å². The molecule has 3 fully saturated rings. The van der Waals surface area contributed by atoms with E-state index in [1.165, 1.54) is 0 Å². The normalized spacial score (nSPS) is 28.9. The monoisotopic (exact) mass is 477 g/mol. The van der Waals surface area contributed by atoms with Crippen LogP contribution in [0.5, 0.6) is 0 Å². The number of rotatable bonds is 4. The summed E-state index contributed by atoms with van der Waals surface area (Å²) >= 11 is 0. The minimum atomic E-state index is -0.638. The highest BCUT2D eigenvalue weighted by molar-refractivity contribution is 5.90. The fourth-order valence-electron chi connectivity index (χ4n) is 6.03.